The number of hydrogen-bond donors (Lipinski definition) is 3. The van der Waals surface area contributed by atoms with Crippen LogP contribution in [0.4, 0.5) is 10.5 Å². The summed E-state index contributed by atoms with van der Waals surface area (Å²) in [6.45, 7) is 0. The van der Waals surface area contributed by atoms with Gasteiger partial charge < -0.3 is 15.7 Å². The second-order valence-corrected chi connectivity index (χ2v) is 8.79. The van der Waals surface area contributed by atoms with Crippen molar-refractivity contribution in [2.24, 2.45) is 0 Å². The van der Waals surface area contributed by atoms with Crippen molar-refractivity contribution in [1.29, 1.82) is 0 Å². The third-order valence-electron chi connectivity index (χ3n) is 6.04. The Balaban J connectivity index is 1.28. The molecule has 4 aromatic rings. The Morgan fingerprint density at radius 3 is 2.56 bits per heavy atom. The summed E-state index contributed by atoms with van der Waals surface area (Å²) in [4.78, 5) is 34.2. The highest BCUT2D eigenvalue weighted by atomic mass is 16.3. The van der Waals surface area contributed by atoms with Crippen molar-refractivity contribution >= 4 is 28.7 Å². The highest BCUT2D eigenvalue weighted by Crippen LogP contribution is 2.42. The minimum absolute atomic E-state index is 0.0121. The first-order valence-electron chi connectivity index (χ1n) is 11.3. The van der Waals surface area contributed by atoms with E-state index in [0.29, 0.717) is 33.9 Å². The van der Waals surface area contributed by atoms with Crippen LogP contribution in [0.1, 0.15) is 47.8 Å². The number of nitrogens with zero attached hydrogens (tertiary/aromatic N) is 4. The monoisotopic (exact) mass is 454 g/mol. The lowest BCUT2D eigenvalue weighted by molar-refractivity contribution is 0.102. The summed E-state index contributed by atoms with van der Waals surface area (Å²) in [5, 5.41) is 20.8. The fraction of sp³-hybridized carbons (Fsp3) is 0.240. The minimum Gasteiger partial charge on any atom is -0.507 e. The lowest BCUT2D eigenvalue weighted by Crippen LogP contribution is -2.32. The third kappa shape index (κ3) is 3.96. The van der Waals surface area contributed by atoms with E-state index in [0.717, 1.165) is 31.4 Å². The molecular formula is C25H22N6O3. The number of aromatic nitrogens is 4. The number of nitrogens with one attached hydrogen (secondary N) is 2. The molecule has 2 saturated carbocycles. The molecule has 3 N–H and O–H groups in total. The molecule has 2 aliphatic carbocycles. The Morgan fingerprint density at radius 2 is 1.79 bits per heavy atom. The minimum atomic E-state index is -0.414. The zero-order chi connectivity index (χ0) is 23.2. The van der Waals surface area contributed by atoms with E-state index in [4.69, 9.17) is 0 Å². The van der Waals surface area contributed by atoms with Crippen LogP contribution < -0.4 is 10.6 Å². The van der Waals surface area contributed by atoms with E-state index in [2.05, 4.69) is 25.7 Å². The average molecular weight is 454 g/mol. The number of aromatic hydroxyl groups is 1. The van der Waals surface area contributed by atoms with Gasteiger partial charge in [0.2, 0.25) is 0 Å². The van der Waals surface area contributed by atoms with E-state index in [-0.39, 0.29) is 23.5 Å². The van der Waals surface area contributed by atoms with Crippen LogP contribution in [-0.4, -0.2) is 42.8 Å². The third-order valence-corrected chi connectivity index (χ3v) is 6.04. The van der Waals surface area contributed by atoms with Gasteiger partial charge >= 0.3 is 6.03 Å². The van der Waals surface area contributed by atoms with Crippen molar-refractivity contribution in [2.75, 3.05) is 5.32 Å². The van der Waals surface area contributed by atoms with Crippen molar-refractivity contribution in [3.05, 3.63) is 66.1 Å². The predicted molar refractivity (Wildman–Crippen MR) is 126 cm³/mol. The first kappa shape index (κ1) is 20.3. The molecule has 2 heterocycles. The number of benzene rings is 2. The van der Waals surface area contributed by atoms with Gasteiger partial charge in [-0.05, 0) is 62.1 Å². The molecular weight excluding hydrogens is 432 g/mol. The van der Waals surface area contributed by atoms with Crippen LogP contribution in [0, 0.1) is 0 Å². The second-order valence-electron chi connectivity index (χ2n) is 8.79. The molecule has 0 saturated heterocycles. The van der Waals surface area contributed by atoms with Crippen molar-refractivity contribution in [1.82, 2.24) is 25.1 Å². The normalized spacial score (nSPS) is 15.3. The van der Waals surface area contributed by atoms with Crippen LogP contribution in [0.25, 0.3) is 22.3 Å². The molecule has 6 rings (SSSR count). The van der Waals surface area contributed by atoms with Crippen LogP contribution in [0.15, 0.2) is 54.7 Å². The number of phenols is 1. The first-order valence-corrected chi connectivity index (χ1v) is 11.3. The van der Waals surface area contributed by atoms with E-state index < -0.39 is 5.91 Å². The Labute approximate surface area is 194 Å². The number of hydrogen-bond acceptors (Lipinski definition) is 6. The van der Waals surface area contributed by atoms with Gasteiger partial charge in [0.1, 0.15) is 11.4 Å². The number of rotatable bonds is 5. The zero-order valence-electron chi connectivity index (χ0n) is 18.2. The summed E-state index contributed by atoms with van der Waals surface area (Å²) in [7, 11) is 0. The smallest absolute Gasteiger partial charge is 0.342 e. The molecule has 2 amide bonds. The summed E-state index contributed by atoms with van der Waals surface area (Å²) in [5.74, 6) is -0.108. The number of para-hydroxylation sites is 2. The van der Waals surface area contributed by atoms with Gasteiger partial charge in [0.25, 0.3) is 5.91 Å². The molecule has 0 radical (unpaired) electrons. The predicted octanol–water partition coefficient (Wildman–Crippen LogP) is 4.05. The molecule has 170 valence electrons. The van der Waals surface area contributed by atoms with Gasteiger partial charge in [0.05, 0.1) is 28.6 Å². The van der Waals surface area contributed by atoms with Crippen LogP contribution in [0.2, 0.25) is 0 Å². The highest BCUT2D eigenvalue weighted by Gasteiger charge is 2.32. The van der Waals surface area contributed by atoms with Gasteiger partial charge in [0.15, 0.2) is 0 Å². The Bertz CT molecular complexity index is 1440. The molecule has 0 aliphatic heterocycles. The molecule has 0 unspecified atom stereocenters. The number of carbonyl (C=O) groups is 2. The molecule has 2 fully saturated rings. The topological polar surface area (TPSA) is 122 Å². The summed E-state index contributed by atoms with van der Waals surface area (Å²) in [5.41, 5.74) is 3.74. The standard InChI is InChI=1S/C25H22N6O3/c32-23-10-9-16(27-24(33)21-13-26-18-3-1-2-4-19(18)29-21)11-17(23)20-12-22(14-5-6-14)31(30-20)25(34)28-15-7-8-15/h1-4,9-15,32H,5-8H2,(H,27,33)(H,28,34). The van der Waals surface area contributed by atoms with Crippen LogP contribution in [-0.2, 0) is 0 Å². The summed E-state index contributed by atoms with van der Waals surface area (Å²) < 4.78 is 1.42. The van der Waals surface area contributed by atoms with Crippen LogP contribution >= 0.6 is 0 Å². The van der Waals surface area contributed by atoms with Crippen LogP contribution in [0.3, 0.4) is 0 Å². The average Bonchev–Trinajstić information content (AvgIpc) is 3.79. The van der Waals surface area contributed by atoms with E-state index in [9.17, 15) is 14.7 Å². The highest BCUT2D eigenvalue weighted by molar-refractivity contribution is 6.04. The molecule has 34 heavy (non-hydrogen) atoms. The van der Waals surface area contributed by atoms with E-state index in [1.54, 1.807) is 18.2 Å². The van der Waals surface area contributed by atoms with E-state index in [1.807, 2.05) is 24.3 Å². The summed E-state index contributed by atoms with van der Waals surface area (Å²) >= 11 is 0. The SMILES string of the molecule is O=C(Nc1ccc(O)c(-c2cc(C3CC3)n(C(=O)NC3CC3)n2)c1)c1cnc2ccccc2n1. The lowest BCUT2D eigenvalue weighted by Gasteiger charge is -2.08. The number of anilines is 1. The van der Waals surface area contributed by atoms with Gasteiger partial charge in [0, 0.05) is 23.2 Å². The number of carbonyl (C=O) groups excluding carboxylic acids is 2. The number of amides is 2. The molecule has 0 atom stereocenters. The molecule has 2 aromatic heterocycles. The van der Waals surface area contributed by atoms with Crippen LogP contribution in [0.5, 0.6) is 5.75 Å². The molecule has 2 aromatic carbocycles. The van der Waals surface area contributed by atoms with Crippen molar-refractivity contribution in [3.63, 3.8) is 0 Å². The molecule has 0 spiro atoms. The maximum absolute atomic E-state index is 12.8. The second kappa shape index (κ2) is 7.95. The van der Waals surface area contributed by atoms with Gasteiger partial charge in [-0.3, -0.25) is 9.78 Å². The van der Waals surface area contributed by atoms with Crippen molar-refractivity contribution < 1.29 is 14.7 Å². The lowest BCUT2D eigenvalue weighted by atomic mass is 10.1. The summed E-state index contributed by atoms with van der Waals surface area (Å²) in [6.07, 6.45) is 5.43. The largest absolute Gasteiger partial charge is 0.507 e. The fourth-order valence-corrected chi connectivity index (χ4v) is 3.90. The zero-order valence-corrected chi connectivity index (χ0v) is 18.2. The first-order chi connectivity index (χ1) is 16.5. The maximum atomic E-state index is 12.8. The fourth-order valence-electron chi connectivity index (χ4n) is 3.90. The Hall–Kier alpha value is -4.27. The molecule has 2 aliphatic rings. The molecule has 9 nitrogen and oxygen atoms in total. The summed E-state index contributed by atoms with van der Waals surface area (Å²) in [6, 6.07) is 13.9. The van der Waals surface area contributed by atoms with Crippen molar-refractivity contribution in [2.45, 2.75) is 37.6 Å². The Morgan fingerprint density at radius 1 is 1.00 bits per heavy atom. The van der Waals surface area contributed by atoms with Gasteiger partial charge in [-0.1, -0.05) is 12.1 Å². The molecule has 9 heteroatoms. The van der Waals surface area contributed by atoms with Gasteiger partial charge in [-0.15, -0.1) is 0 Å². The van der Waals surface area contributed by atoms with Crippen molar-refractivity contribution in [3.8, 4) is 17.0 Å². The van der Waals surface area contributed by atoms with Gasteiger partial charge in [-0.25, -0.2) is 9.78 Å². The Kier molecular flexibility index (Phi) is 4.75. The number of phenolic OH excluding ortho intramolecular Hbond substituents is 1. The maximum Gasteiger partial charge on any atom is 0.342 e. The quantitative estimate of drug-likeness (QED) is 0.391. The van der Waals surface area contributed by atoms with E-state index >= 15 is 0 Å². The molecule has 0 bridgehead atoms. The van der Waals surface area contributed by atoms with E-state index in [1.165, 1.54) is 16.9 Å². The number of fused-ring (bicyclic) bond motifs is 1. The van der Waals surface area contributed by atoms with Gasteiger partial charge in [-0.2, -0.15) is 9.78 Å².